The molecule has 0 bridgehead atoms. The SMILES string of the molecule is O=C1[C@@H]2[C@@H](C(=O)N1c1cccc(Br)c1)N1CCCN1[C@H]2c1ccc(Cl)cc1. The molecule has 0 spiro atoms. The number of hydrogen-bond acceptors (Lipinski definition) is 4. The lowest BCUT2D eigenvalue weighted by atomic mass is 9.90. The molecule has 3 heterocycles. The number of halogens is 2. The first kappa shape index (κ1) is 17.4. The number of imide groups is 1. The van der Waals surface area contributed by atoms with E-state index in [-0.39, 0.29) is 17.9 Å². The summed E-state index contributed by atoms with van der Waals surface area (Å²) in [5.74, 6) is -0.665. The smallest absolute Gasteiger partial charge is 0.253 e. The van der Waals surface area contributed by atoms with Crippen LogP contribution in [0, 0.1) is 5.92 Å². The Labute approximate surface area is 170 Å². The lowest BCUT2D eigenvalue weighted by Gasteiger charge is -2.29. The van der Waals surface area contributed by atoms with Crippen molar-refractivity contribution < 1.29 is 9.59 Å². The van der Waals surface area contributed by atoms with Crippen LogP contribution >= 0.6 is 27.5 Å². The van der Waals surface area contributed by atoms with Crippen LogP contribution < -0.4 is 4.90 Å². The Balaban J connectivity index is 1.59. The molecule has 5 rings (SSSR count). The molecular weight excluding hydrogens is 430 g/mol. The Morgan fingerprint density at radius 1 is 0.926 bits per heavy atom. The Hall–Kier alpha value is -1.73. The summed E-state index contributed by atoms with van der Waals surface area (Å²) in [6, 6.07) is 14.4. The van der Waals surface area contributed by atoms with Crippen LogP contribution in [0.25, 0.3) is 0 Å². The molecular formula is C20H17BrClN3O2. The molecule has 3 saturated heterocycles. The van der Waals surface area contributed by atoms with E-state index in [2.05, 4.69) is 25.9 Å². The molecule has 7 heteroatoms. The van der Waals surface area contributed by atoms with Gasteiger partial charge in [-0.2, -0.15) is 0 Å². The number of hydrazine groups is 1. The number of hydrogen-bond donors (Lipinski definition) is 0. The monoisotopic (exact) mass is 445 g/mol. The number of amides is 2. The van der Waals surface area contributed by atoms with Crippen LogP contribution in [0.5, 0.6) is 0 Å². The van der Waals surface area contributed by atoms with Crippen LogP contribution in [0.15, 0.2) is 53.0 Å². The number of anilines is 1. The molecule has 0 unspecified atom stereocenters. The third-order valence-corrected chi connectivity index (χ3v) is 6.43. The van der Waals surface area contributed by atoms with Crippen molar-refractivity contribution in [2.24, 2.45) is 5.92 Å². The zero-order valence-electron chi connectivity index (χ0n) is 14.4. The van der Waals surface area contributed by atoms with Crippen molar-refractivity contribution in [3.8, 4) is 0 Å². The first-order chi connectivity index (χ1) is 13.1. The molecule has 138 valence electrons. The number of fused-ring (bicyclic) bond motifs is 3. The molecule has 3 atom stereocenters. The van der Waals surface area contributed by atoms with Gasteiger partial charge in [0, 0.05) is 22.6 Å². The van der Waals surface area contributed by atoms with Crippen molar-refractivity contribution in [2.75, 3.05) is 18.0 Å². The van der Waals surface area contributed by atoms with Gasteiger partial charge in [-0.05, 0) is 42.3 Å². The fraction of sp³-hybridized carbons (Fsp3) is 0.300. The van der Waals surface area contributed by atoms with Crippen molar-refractivity contribution in [2.45, 2.75) is 18.5 Å². The molecule has 2 amide bonds. The van der Waals surface area contributed by atoms with E-state index >= 15 is 0 Å². The van der Waals surface area contributed by atoms with Gasteiger partial charge in [0.15, 0.2) is 0 Å². The average Bonchev–Trinajstić information content (AvgIpc) is 3.28. The summed E-state index contributed by atoms with van der Waals surface area (Å²) in [6.45, 7) is 1.66. The number of nitrogens with zero attached hydrogens (tertiary/aromatic N) is 3. The Bertz CT molecular complexity index is 935. The molecule has 0 aromatic heterocycles. The molecule has 0 aliphatic carbocycles. The van der Waals surface area contributed by atoms with Gasteiger partial charge in [-0.1, -0.05) is 45.7 Å². The van der Waals surface area contributed by atoms with Crippen LogP contribution in [0.1, 0.15) is 18.0 Å². The number of carbonyl (C=O) groups excluding carboxylic acids is 2. The van der Waals surface area contributed by atoms with Crippen LogP contribution in [-0.2, 0) is 9.59 Å². The van der Waals surface area contributed by atoms with Gasteiger partial charge in [0.05, 0.1) is 17.6 Å². The van der Waals surface area contributed by atoms with Crippen molar-refractivity contribution in [3.63, 3.8) is 0 Å². The quantitative estimate of drug-likeness (QED) is 0.661. The normalized spacial score (nSPS) is 28.1. The fourth-order valence-electron chi connectivity index (χ4n) is 4.64. The average molecular weight is 447 g/mol. The summed E-state index contributed by atoms with van der Waals surface area (Å²) in [5.41, 5.74) is 1.64. The number of benzene rings is 2. The van der Waals surface area contributed by atoms with Gasteiger partial charge in [-0.3, -0.25) is 9.59 Å². The highest BCUT2D eigenvalue weighted by molar-refractivity contribution is 9.10. The highest BCUT2D eigenvalue weighted by Crippen LogP contribution is 2.49. The lowest BCUT2D eigenvalue weighted by molar-refractivity contribution is -0.126. The third-order valence-electron chi connectivity index (χ3n) is 5.68. The maximum Gasteiger partial charge on any atom is 0.253 e. The van der Waals surface area contributed by atoms with E-state index in [4.69, 9.17) is 11.6 Å². The summed E-state index contributed by atoms with van der Waals surface area (Å²) in [4.78, 5) is 28.0. The van der Waals surface area contributed by atoms with E-state index in [1.54, 1.807) is 6.07 Å². The second kappa shape index (κ2) is 6.41. The van der Waals surface area contributed by atoms with Crippen LogP contribution in [0.3, 0.4) is 0 Å². The van der Waals surface area contributed by atoms with Crippen LogP contribution in [0.2, 0.25) is 5.02 Å². The Kier molecular flexibility index (Phi) is 4.13. The van der Waals surface area contributed by atoms with E-state index < -0.39 is 12.0 Å². The van der Waals surface area contributed by atoms with Gasteiger partial charge >= 0.3 is 0 Å². The molecule has 2 aromatic rings. The molecule has 5 nitrogen and oxygen atoms in total. The second-order valence-corrected chi connectivity index (χ2v) is 8.49. The van der Waals surface area contributed by atoms with Crippen LogP contribution in [0.4, 0.5) is 5.69 Å². The van der Waals surface area contributed by atoms with E-state index in [1.807, 2.05) is 42.5 Å². The Morgan fingerprint density at radius 3 is 2.33 bits per heavy atom. The molecule has 3 aliphatic heterocycles. The van der Waals surface area contributed by atoms with Crippen molar-refractivity contribution in [1.82, 2.24) is 10.0 Å². The zero-order chi connectivity index (χ0) is 18.7. The van der Waals surface area contributed by atoms with Gasteiger partial charge in [-0.25, -0.2) is 14.9 Å². The maximum atomic E-state index is 13.4. The summed E-state index contributed by atoms with van der Waals surface area (Å²) < 4.78 is 0.842. The zero-order valence-corrected chi connectivity index (χ0v) is 16.7. The minimum atomic E-state index is -0.431. The Morgan fingerprint density at radius 2 is 1.63 bits per heavy atom. The fourth-order valence-corrected chi connectivity index (χ4v) is 5.16. The minimum Gasteiger partial charge on any atom is -0.274 e. The highest BCUT2D eigenvalue weighted by atomic mass is 79.9. The standard InChI is InChI=1S/C20H17BrClN3O2/c21-13-3-1-4-15(11-13)25-19(26)16-17(12-5-7-14(22)8-6-12)23-9-2-10-24(23)18(16)20(25)27/h1,3-8,11,16-18H,2,9-10H2/t16-,17-,18-/m0/s1. The molecule has 27 heavy (non-hydrogen) atoms. The van der Waals surface area contributed by atoms with Gasteiger partial charge in [0.1, 0.15) is 6.04 Å². The highest BCUT2D eigenvalue weighted by Gasteiger charge is 2.62. The van der Waals surface area contributed by atoms with Gasteiger partial charge < -0.3 is 0 Å². The molecule has 2 aromatic carbocycles. The minimum absolute atomic E-state index is 0.127. The van der Waals surface area contributed by atoms with E-state index in [9.17, 15) is 9.59 Å². The number of rotatable bonds is 2. The summed E-state index contributed by atoms with van der Waals surface area (Å²) in [6.07, 6.45) is 0.992. The van der Waals surface area contributed by atoms with Crippen molar-refractivity contribution in [1.29, 1.82) is 0 Å². The van der Waals surface area contributed by atoms with Crippen molar-refractivity contribution in [3.05, 3.63) is 63.6 Å². The summed E-state index contributed by atoms with van der Waals surface area (Å²) >= 11 is 9.48. The molecule has 3 aliphatic rings. The van der Waals surface area contributed by atoms with E-state index in [0.29, 0.717) is 10.7 Å². The molecule has 3 fully saturated rings. The molecule has 0 saturated carbocycles. The second-order valence-electron chi connectivity index (χ2n) is 7.14. The first-order valence-corrected chi connectivity index (χ1v) is 10.2. The first-order valence-electron chi connectivity index (χ1n) is 8.98. The van der Waals surface area contributed by atoms with E-state index in [0.717, 1.165) is 29.5 Å². The van der Waals surface area contributed by atoms with Crippen molar-refractivity contribution >= 4 is 45.0 Å². The van der Waals surface area contributed by atoms with Gasteiger partial charge in [-0.15, -0.1) is 0 Å². The number of carbonyl (C=O) groups is 2. The lowest BCUT2D eigenvalue weighted by Crippen LogP contribution is -2.44. The third kappa shape index (κ3) is 2.58. The molecule has 0 N–H and O–H groups in total. The maximum absolute atomic E-state index is 13.4. The predicted octanol–water partition coefficient (Wildman–Crippen LogP) is 3.64. The van der Waals surface area contributed by atoms with Crippen LogP contribution in [-0.4, -0.2) is 41.0 Å². The topological polar surface area (TPSA) is 43.9 Å². The van der Waals surface area contributed by atoms with E-state index in [1.165, 1.54) is 4.90 Å². The van der Waals surface area contributed by atoms with Gasteiger partial charge in [0.2, 0.25) is 5.91 Å². The summed E-state index contributed by atoms with van der Waals surface area (Å²) in [5, 5.41) is 4.96. The largest absolute Gasteiger partial charge is 0.274 e. The van der Waals surface area contributed by atoms with Gasteiger partial charge in [0.25, 0.3) is 5.91 Å². The predicted molar refractivity (Wildman–Crippen MR) is 106 cm³/mol. The molecule has 0 radical (unpaired) electrons. The summed E-state index contributed by atoms with van der Waals surface area (Å²) in [7, 11) is 0.